The highest BCUT2D eigenvalue weighted by atomic mass is 35.5. The molecule has 0 saturated heterocycles. The molecule has 0 aromatic heterocycles. The Labute approximate surface area is 158 Å². The summed E-state index contributed by atoms with van der Waals surface area (Å²) in [5, 5.41) is 3.33. The van der Waals surface area contributed by atoms with Crippen molar-refractivity contribution in [1.82, 2.24) is 5.32 Å². The number of carbonyl (C=O) groups is 1. The van der Waals surface area contributed by atoms with Crippen LogP contribution in [0.5, 0.6) is 17.2 Å². The van der Waals surface area contributed by atoms with Gasteiger partial charge in [0.1, 0.15) is 12.4 Å². The number of halogens is 1. The summed E-state index contributed by atoms with van der Waals surface area (Å²) >= 11 is 6.26. The zero-order valence-corrected chi connectivity index (χ0v) is 15.9. The van der Waals surface area contributed by atoms with E-state index in [1.807, 2.05) is 13.0 Å². The first-order valence-electron chi connectivity index (χ1n) is 8.01. The topological polar surface area (TPSA) is 56.8 Å². The summed E-state index contributed by atoms with van der Waals surface area (Å²) in [7, 11) is 3.08. The molecule has 1 amide bonds. The van der Waals surface area contributed by atoms with E-state index in [0.29, 0.717) is 34.4 Å². The Morgan fingerprint density at radius 2 is 1.77 bits per heavy atom. The summed E-state index contributed by atoms with van der Waals surface area (Å²) in [5.74, 6) is 1.33. The van der Waals surface area contributed by atoms with E-state index in [2.05, 4.69) is 11.9 Å². The Hall–Kier alpha value is -2.66. The molecule has 0 spiro atoms. The molecule has 0 aliphatic carbocycles. The molecular weight excluding hydrogens is 354 g/mol. The zero-order valence-electron chi connectivity index (χ0n) is 15.1. The van der Waals surface area contributed by atoms with E-state index in [1.54, 1.807) is 37.4 Å². The predicted molar refractivity (Wildman–Crippen MR) is 102 cm³/mol. The highest BCUT2D eigenvalue weighted by Gasteiger charge is 2.14. The molecule has 2 rings (SSSR count). The van der Waals surface area contributed by atoms with Crippen molar-refractivity contribution in [2.75, 3.05) is 20.8 Å². The third kappa shape index (κ3) is 4.92. The number of ether oxygens (including phenoxy) is 3. The molecule has 0 saturated carbocycles. The normalized spacial score (nSPS) is 10.2. The predicted octanol–water partition coefficient (Wildman–Crippen LogP) is 4.24. The fourth-order valence-electron chi connectivity index (χ4n) is 2.28. The Balaban J connectivity index is 2.13. The average molecular weight is 376 g/mol. The minimum Gasteiger partial charge on any atom is -0.493 e. The first-order valence-corrected chi connectivity index (χ1v) is 8.38. The largest absolute Gasteiger partial charge is 0.493 e. The van der Waals surface area contributed by atoms with Gasteiger partial charge in [-0.2, -0.15) is 0 Å². The number of nitrogens with one attached hydrogen (secondary N) is 1. The van der Waals surface area contributed by atoms with Gasteiger partial charge < -0.3 is 19.5 Å². The van der Waals surface area contributed by atoms with Crippen LogP contribution < -0.4 is 19.5 Å². The lowest BCUT2D eigenvalue weighted by Gasteiger charge is -2.14. The third-order valence-electron chi connectivity index (χ3n) is 3.60. The van der Waals surface area contributed by atoms with Crippen LogP contribution in [0.2, 0.25) is 5.02 Å². The molecule has 2 aromatic rings. The van der Waals surface area contributed by atoms with Crippen LogP contribution in [0.25, 0.3) is 0 Å². The van der Waals surface area contributed by atoms with Crippen molar-refractivity contribution in [2.45, 2.75) is 13.5 Å². The van der Waals surface area contributed by atoms with Gasteiger partial charge in [0.15, 0.2) is 11.5 Å². The molecule has 138 valence electrons. The smallest absolute Gasteiger partial charge is 0.255 e. The van der Waals surface area contributed by atoms with Crippen LogP contribution in [-0.4, -0.2) is 26.7 Å². The van der Waals surface area contributed by atoms with Gasteiger partial charge in [0.25, 0.3) is 5.91 Å². The Morgan fingerprint density at radius 1 is 1.12 bits per heavy atom. The maximum absolute atomic E-state index is 12.6. The molecule has 0 radical (unpaired) electrons. The summed E-state index contributed by atoms with van der Waals surface area (Å²) in [6.07, 6.45) is 0. The van der Waals surface area contributed by atoms with E-state index in [4.69, 9.17) is 25.8 Å². The lowest BCUT2D eigenvalue weighted by atomic mass is 10.1. The van der Waals surface area contributed by atoms with Crippen molar-refractivity contribution in [3.63, 3.8) is 0 Å². The number of hydrogen-bond donors (Lipinski definition) is 1. The quantitative estimate of drug-likeness (QED) is 0.701. The highest BCUT2D eigenvalue weighted by molar-refractivity contribution is 6.31. The average Bonchev–Trinajstić information content (AvgIpc) is 2.64. The second kappa shape index (κ2) is 9.15. The summed E-state index contributed by atoms with van der Waals surface area (Å²) in [4.78, 5) is 12.6. The van der Waals surface area contributed by atoms with Crippen molar-refractivity contribution in [1.29, 1.82) is 0 Å². The lowest BCUT2D eigenvalue weighted by molar-refractivity contribution is 0.0947. The molecule has 0 aliphatic rings. The summed E-state index contributed by atoms with van der Waals surface area (Å²) in [6.45, 7) is 6.26. The van der Waals surface area contributed by atoms with Gasteiger partial charge in [-0.1, -0.05) is 30.3 Å². The fraction of sp³-hybridized carbons (Fsp3) is 0.250. The van der Waals surface area contributed by atoms with E-state index in [9.17, 15) is 4.79 Å². The van der Waals surface area contributed by atoms with E-state index < -0.39 is 0 Å². The van der Waals surface area contributed by atoms with Crippen LogP contribution in [-0.2, 0) is 6.54 Å². The molecular formula is C20H22ClNO4. The number of methoxy groups -OCH3 is 2. The van der Waals surface area contributed by atoms with Gasteiger partial charge in [0.2, 0.25) is 0 Å². The van der Waals surface area contributed by atoms with Crippen molar-refractivity contribution in [3.05, 3.63) is 64.7 Å². The maximum atomic E-state index is 12.6. The van der Waals surface area contributed by atoms with Crippen molar-refractivity contribution >= 4 is 17.5 Å². The molecule has 1 N–H and O–H groups in total. The SMILES string of the molecule is C=C(C)COc1ccccc1C(=O)NCc1cc(OC)c(OC)cc1Cl. The second-order valence-corrected chi connectivity index (χ2v) is 6.13. The number of amides is 1. The second-order valence-electron chi connectivity index (χ2n) is 5.72. The van der Waals surface area contributed by atoms with Gasteiger partial charge in [0.05, 0.1) is 19.8 Å². The highest BCUT2D eigenvalue weighted by Crippen LogP contribution is 2.33. The lowest BCUT2D eigenvalue weighted by Crippen LogP contribution is -2.23. The first kappa shape index (κ1) is 19.7. The summed E-state index contributed by atoms with van der Waals surface area (Å²) in [6, 6.07) is 10.5. The standard InChI is InChI=1S/C20H22ClNO4/c1-13(2)12-26-17-8-6-5-7-15(17)20(23)22-11-14-9-18(24-3)19(25-4)10-16(14)21/h5-10H,1,11-12H2,2-4H3,(H,22,23). The molecule has 6 heteroatoms. The van der Waals surface area contributed by atoms with Gasteiger partial charge >= 0.3 is 0 Å². The van der Waals surface area contributed by atoms with E-state index >= 15 is 0 Å². The maximum Gasteiger partial charge on any atom is 0.255 e. The molecule has 5 nitrogen and oxygen atoms in total. The van der Waals surface area contributed by atoms with Crippen molar-refractivity contribution < 1.29 is 19.0 Å². The van der Waals surface area contributed by atoms with E-state index in [-0.39, 0.29) is 12.5 Å². The van der Waals surface area contributed by atoms with Gasteiger partial charge in [-0.3, -0.25) is 4.79 Å². The van der Waals surface area contributed by atoms with Crippen LogP contribution in [0, 0.1) is 0 Å². The molecule has 0 unspecified atom stereocenters. The number of carbonyl (C=O) groups excluding carboxylic acids is 1. The zero-order chi connectivity index (χ0) is 19.1. The first-order chi connectivity index (χ1) is 12.5. The monoisotopic (exact) mass is 375 g/mol. The van der Waals surface area contributed by atoms with Gasteiger partial charge in [0, 0.05) is 17.6 Å². The molecule has 0 fully saturated rings. The third-order valence-corrected chi connectivity index (χ3v) is 3.95. The Bertz CT molecular complexity index is 804. The number of hydrogen-bond acceptors (Lipinski definition) is 4. The van der Waals surface area contributed by atoms with Crippen LogP contribution in [0.3, 0.4) is 0 Å². The molecule has 0 bridgehead atoms. The van der Waals surface area contributed by atoms with Gasteiger partial charge in [-0.15, -0.1) is 0 Å². The van der Waals surface area contributed by atoms with Crippen LogP contribution in [0.4, 0.5) is 0 Å². The molecule has 0 atom stereocenters. The summed E-state index contributed by atoms with van der Waals surface area (Å²) in [5.41, 5.74) is 2.04. The van der Waals surface area contributed by atoms with Crippen LogP contribution in [0.15, 0.2) is 48.6 Å². The Morgan fingerprint density at radius 3 is 2.42 bits per heavy atom. The van der Waals surface area contributed by atoms with Crippen molar-refractivity contribution in [3.8, 4) is 17.2 Å². The van der Waals surface area contributed by atoms with Crippen LogP contribution in [0.1, 0.15) is 22.8 Å². The number of para-hydroxylation sites is 1. The summed E-state index contributed by atoms with van der Waals surface area (Å²) < 4.78 is 16.1. The molecule has 26 heavy (non-hydrogen) atoms. The fourth-order valence-corrected chi connectivity index (χ4v) is 2.50. The number of rotatable bonds is 8. The van der Waals surface area contributed by atoms with Gasteiger partial charge in [-0.05, 0) is 36.3 Å². The van der Waals surface area contributed by atoms with E-state index in [1.165, 1.54) is 7.11 Å². The van der Waals surface area contributed by atoms with Crippen molar-refractivity contribution in [2.24, 2.45) is 0 Å². The van der Waals surface area contributed by atoms with Gasteiger partial charge in [-0.25, -0.2) is 0 Å². The molecule has 2 aromatic carbocycles. The number of benzene rings is 2. The minimum absolute atomic E-state index is 0.243. The molecule has 0 heterocycles. The Kier molecular flexibility index (Phi) is 6.92. The molecule has 0 aliphatic heterocycles. The van der Waals surface area contributed by atoms with E-state index in [0.717, 1.165) is 11.1 Å². The minimum atomic E-state index is -0.256. The van der Waals surface area contributed by atoms with Crippen LogP contribution >= 0.6 is 11.6 Å².